The number of nitrogens with one attached hydrogen (secondary N) is 1. The average Bonchev–Trinajstić information content (AvgIpc) is 2.83. The van der Waals surface area contributed by atoms with Gasteiger partial charge in [-0.25, -0.2) is 8.42 Å². The van der Waals surface area contributed by atoms with E-state index in [4.69, 9.17) is 9.47 Å². The first kappa shape index (κ1) is 28.4. The molecule has 9 nitrogen and oxygen atoms in total. The number of carbonyl (C=O) groups is 2. The van der Waals surface area contributed by atoms with Gasteiger partial charge in [-0.2, -0.15) is 0 Å². The normalized spacial score (nSPS) is 11.9. The van der Waals surface area contributed by atoms with Gasteiger partial charge in [-0.05, 0) is 43.2 Å². The number of ether oxygens (including phenoxy) is 2. The molecule has 2 aromatic rings. The maximum absolute atomic E-state index is 13.5. The van der Waals surface area contributed by atoms with Gasteiger partial charge in [-0.3, -0.25) is 13.9 Å². The predicted octanol–water partition coefficient (Wildman–Crippen LogP) is 3.18. The lowest BCUT2D eigenvalue weighted by atomic mass is 10.1. The van der Waals surface area contributed by atoms with Crippen molar-refractivity contribution in [2.45, 2.75) is 32.9 Å². The molecule has 192 valence electrons. The van der Waals surface area contributed by atoms with Gasteiger partial charge in [0.15, 0.2) is 11.5 Å². The maximum atomic E-state index is 13.5. The lowest BCUT2D eigenvalue weighted by Crippen LogP contribution is -2.51. The molecule has 2 rings (SSSR count). The number of carbonyl (C=O) groups excluding carboxylic acids is 2. The molecule has 0 saturated carbocycles. The van der Waals surface area contributed by atoms with Crippen LogP contribution in [0.25, 0.3) is 0 Å². The summed E-state index contributed by atoms with van der Waals surface area (Å²) in [5.41, 5.74) is 1.04. The number of hydrogen-bond acceptors (Lipinski definition) is 6. The van der Waals surface area contributed by atoms with E-state index in [-0.39, 0.29) is 18.1 Å². The van der Waals surface area contributed by atoms with Crippen molar-refractivity contribution in [3.8, 4) is 11.5 Å². The van der Waals surface area contributed by atoms with Crippen molar-refractivity contribution in [1.29, 1.82) is 0 Å². The third-order valence-corrected chi connectivity index (χ3v) is 6.99. The fraction of sp³-hybridized carbons (Fsp3) is 0.417. The largest absolute Gasteiger partial charge is 0.493 e. The van der Waals surface area contributed by atoms with E-state index in [2.05, 4.69) is 21.2 Å². The van der Waals surface area contributed by atoms with Gasteiger partial charge < -0.3 is 19.7 Å². The van der Waals surface area contributed by atoms with Crippen LogP contribution >= 0.6 is 15.9 Å². The van der Waals surface area contributed by atoms with Gasteiger partial charge in [0.05, 0.1) is 26.2 Å². The van der Waals surface area contributed by atoms with Gasteiger partial charge >= 0.3 is 0 Å². The van der Waals surface area contributed by atoms with E-state index in [1.165, 1.54) is 31.3 Å². The minimum atomic E-state index is -3.85. The summed E-state index contributed by atoms with van der Waals surface area (Å²) >= 11 is 3.39. The Hall–Kier alpha value is -2.79. The first-order valence-electron chi connectivity index (χ1n) is 11.0. The Kier molecular flexibility index (Phi) is 10.4. The first-order chi connectivity index (χ1) is 16.5. The third kappa shape index (κ3) is 7.86. The molecule has 0 bridgehead atoms. The van der Waals surface area contributed by atoms with Gasteiger partial charge in [0, 0.05) is 23.6 Å². The highest BCUT2D eigenvalue weighted by atomic mass is 79.9. The number of amides is 2. The second kappa shape index (κ2) is 12.8. The standard InChI is InChI=1S/C24H32BrN3O6S/c1-6-13-26-24(30)17(2)27(15-18-7-9-19(25)10-8-18)23(29)16-28(35(5,31)32)20-11-12-21(33-3)22(14-20)34-4/h7-12,14,17H,6,13,15-16H2,1-5H3,(H,26,30)/t17-/m1/s1. The number of benzene rings is 2. The second-order valence-electron chi connectivity index (χ2n) is 7.92. The van der Waals surface area contributed by atoms with Gasteiger partial charge in [0.2, 0.25) is 21.8 Å². The fourth-order valence-electron chi connectivity index (χ4n) is 3.36. The molecule has 0 radical (unpaired) electrons. The molecule has 0 heterocycles. The highest BCUT2D eigenvalue weighted by Gasteiger charge is 2.30. The molecular weight excluding hydrogens is 538 g/mol. The van der Waals surface area contributed by atoms with Crippen LogP contribution < -0.4 is 19.1 Å². The molecule has 11 heteroatoms. The van der Waals surface area contributed by atoms with Gasteiger partial charge in [0.25, 0.3) is 0 Å². The topological polar surface area (TPSA) is 105 Å². The number of halogens is 1. The fourth-order valence-corrected chi connectivity index (χ4v) is 4.46. The van der Waals surface area contributed by atoms with Crippen molar-refractivity contribution in [1.82, 2.24) is 10.2 Å². The van der Waals surface area contributed by atoms with Crippen LogP contribution in [0.4, 0.5) is 5.69 Å². The van der Waals surface area contributed by atoms with Crippen LogP contribution in [0.15, 0.2) is 46.9 Å². The van der Waals surface area contributed by atoms with Crippen molar-refractivity contribution in [3.63, 3.8) is 0 Å². The van der Waals surface area contributed by atoms with Gasteiger partial charge in [0.1, 0.15) is 12.6 Å². The van der Waals surface area contributed by atoms with Crippen LogP contribution in [0.2, 0.25) is 0 Å². The van der Waals surface area contributed by atoms with Crippen LogP contribution in [0.1, 0.15) is 25.8 Å². The smallest absolute Gasteiger partial charge is 0.244 e. The van der Waals surface area contributed by atoms with E-state index in [1.54, 1.807) is 13.0 Å². The predicted molar refractivity (Wildman–Crippen MR) is 139 cm³/mol. The maximum Gasteiger partial charge on any atom is 0.244 e. The number of anilines is 1. The van der Waals surface area contributed by atoms with E-state index in [0.717, 1.165) is 27.0 Å². The Morgan fingerprint density at radius 2 is 1.69 bits per heavy atom. The third-order valence-electron chi connectivity index (χ3n) is 5.32. The van der Waals surface area contributed by atoms with E-state index < -0.39 is 28.5 Å². The van der Waals surface area contributed by atoms with Crippen molar-refractivity contribution in [2.75, 3.05) is 37.9 Å². The zero-order chi connectivity index (χ0) is 26.2. The van der Waals surface area contributed by atoms with Crippen molar-refractivity contribution >= 4 is 43.5 Å². The number of hydrogen-bond donors (Lipinski definition) is 1. The molecule has 1 N–H and O–H groups in total. The summed E-state index contributed by atoms with van der Waals surface area (Å²) in [6.45, 7) is 3.68. The average molecular weight is 571 g/mol. The molecule has 0 saturated heterocycles. The van der Waals surface area contributed by atoms with Crippen LogP contribution in [-0.2, 0) is 26.2 Å². The van der Waals surface area contributed by atoms with Crippen LogP contribution in [0.3, 0.4) is 0 Å². The zero-order valence-corrected chi connectivity index (χ0v) is 23.0. The van der Waals surface area contributed by atoms with Crippen molar-refractivity contribution < 1.29 is 27.5 Å². The minimum Gasteiger partial charge on any atom is -0.493 e. The molecule has 0 aliphatic heterocycles. The minimum absolute atomic E-state index is 0.135. The Morgan fingerprint density at radius 3 is 2.23 bits per heavy atom. The number of rotatable bonds is 12. The van der Waals surface area contributed by atoms with Gasteiger partial charge in [-0.1, -0.05) is 35.0 Å². The van der Waals surface area contributed by atoms with E-state index in [9.17, 15) is 18.0 Å². The molecule has 0 unspecified atom stereocenters. The summed E-state index contributed by atoms with van der Waals surface area (Å²) in [5.74, 6) is -0.0825. The molecule has 2 aromatic carbocycles. The number of nitrogens with zero attached hydrogens (tertiary/aromatic N) is 2. The lowest BCUT2D eigenvalue weighted by Gasteiger charge is -2.31. The molecule has 0 fully saturated rings. The van der Waals surface area contributed by atoms with E-state index in [0.29, 0.717) is 18.0 Å². The van der Waals surface area contributed by atoms with E-state index >= 15 is 0 Å². The molecule has 0 spiro atoms. The van der Waals surface area contributed by atoms with Gasteiger partial charge in [-0.15, -0.1) is 0 Å². The zero-order valence-electron chi connectivity index (χ0n) is 20.6. The molecule has 1 atom stereocenters. The lowest BCUT2D eigenvalue weighted by molar-refractivity contribution is -0.139. The Balaban J connectivity index is 2.41. The summed E-state index contributed by atoms with van der Waals surface area (Å²) in [6.07, 6.45) is 1.77. The number of sulfonamides is 1. The van der Waals surface area contributed by atoms with Crippen molar-refractivity contribution in [2.24, 2.45) is 0 Å². The first-order valence-corrected chi connectivity index (χ1v) is 13.7. The molecule has 0 aliphatic carbocycles. The summed E-state index contributed by atoms with van der Waals surface area (Å²) in [6, 6.07) is 11.1. The Morgan fingerprint density at radius 1 is 1.06 bits per heavy atom. The summed E-state index contributed by atoms with van der Waals surface area (Å²) in [7, 11) is -0.936. The SMILES string of the molecule is CCCNC(=O)[C@@H](C)N(Cc1ccc(Br)cc1)C(=O)CN(c1ccc(OC)c(OC)c1)S(C)(=O)=O. The van der Waals surface area contributed by atoms with Crippen LogP contribution in [0, 0.1) is 0 Å². The molecule has 35 heavy (non-hydrogen) atoms. The Labute approximate surface area is 215 Å². The highest BCUT2D eigenvalue weighted by Crippen LogP contribution is 2.32. The monoisotopic (exact) mass is 569 g/mol. The quantitative estimate of drug-likeness (QED) is 0.421. The van der Waals surface area contributed by atoms with Crippen LogP contribution in [-0.4, -0.2) is 64.7 Å². The van der Waals surface area contributed by atoms with Crippen molar-refractivity contribution in [3.05, 3.63) is 52.5 Å². The Bertz CT molecular complexity index is 1120. The highest BCUT2D eigenvalue weighted by molar-refractivity contribution is 9.10. The second-order valence-corrected chi connectivity index (χ2v) is 10.7. The van der Waals surface area contributed by atoms with Crippen LogP contribution in [0.5, 0.6) is 11.5 Å². The summed E-state index contributed by atoms with van der Waals surface area (Å²) in [5, 5.41) is 2.80. The molecule has 0 aliphatic rings. The molecule has 2 amide bonds. The molecular formula is C24H32BrN3O6S. The van der Waals surface area contributed by atoms with E-state index in [1.807, 2.05) is 31.2 Å². The summed E-state index contributed by atoms with van der Waals surface area (Å²) in [4.78, 5) is 27.6. The molecule has 0 aromatic heterocycles. The summed E-state index contributed by atoms with van der Waals surface area (Å²) < 4.78 is 37.7. The number of methoxy groups -OCH3 is 2.